The quantitative estimate of drug-likeness (QED) is 0.782. The molecule has 2 unspecified atom stereocenters. The number of rotatable bonds is 4. The van der Waals surface area contributed by atoms with Gasteiger partial charge in [0.1, 0.15) is 5.69 Å². The molecular formula is C16H17F3N2O2S2. The summed E-state index contributed by atoms with van der Waals surface area (Å²) in [6.45, 7) is 3.55. The first-order valence-corrected chi connectivity index (χ1v) is 10.3. The van der Waals surface area contributed by atoms with Crippen LogP contribution in [0.15, 0.2) is 51.3 Å². The van der Waals surface area contributed by atoms with Crippen molar-refractivity contribution in [1.29, 1.82) is 0 Å². The molecule has 0 aliphatic carbocycles. The van der Waals surface area contributed by atoms with Gasteiger partial charge in [-0.3, -0.25) is 4.98 Å². The first-order valence-electron chi connectivity index (χ1n) is 7.23. The van der Waals surface area contributed by atoms with Gasteiger partial charge in [0.25, 0.3) is 10.0 Å². The molecule has 2 aromatic rings. The molecule has 0 aliphatic heterocycles. The number of alkyl halides is 3. The molecule has 0 saturated heterocycles. The van der Waals surface area contributed by atoms with Crippen LogP contribution in [0.5, 0.6) is 0 Å². The summed E-state index contributed by atoms with van der Waals surface area (Å²) in [5, 5.41) is -0.380. The Bertz CT molecular complexity index is 875. The van der Waals surface area contributed by atoms with Crippen LogP contribution in [0, 0.1) is 6.92 Å². The van der Waals surface area contributed by atoms with Crippen molar-refractivity contribution >= 4 is 20.7 Å². The topological polar surface area (TPSA) is 59.4 Å². The highest BCUT2D eigenvalue weighted by molar-refractivity contribution is 8.00. The molecule has 1 aromatic heterocycles. The van der Waals surface area contributed by atoms with Gasteiger partial charge in [-0.25, -0.2) is 0 Å². The van der Waals surface area contributed by atoms with Crippen LogP contribution in [0.1, 0.15) is 29.0 Å². The Kier molecular flexibility index (Phi) is 5.68. The fourth-order valence-electron chi connectivity index (χ4n) is 1.98. The molecule has 0 amide bonds. The molecule has 0 bridgehead atoms. The summed E-state index contributed by atoms with van der Waals surface area (Å²) in [5.74, 6) is 0. The minimum atomic E-state index is -4.51. The molecule has 2 rings (SSSR count). The number of aromatic nitrogens is 1. The second kappa shape index (κ2) is 7.25. The molecule has 0 saturated carbocycles. The summed E-state index contributed by atoms with van der Waals surface area (Å²) in [7, 11) is -4.78. The number of pyridine rings is 1. The maximum atomic E-state index is 12.6. The van der Waals surface area contributed by atoms with Gasteiger partial charge in [-0.15, -0.1) is 3.77 Å². The molecular weight excluding hydrogens is 373 g/mol. The van der Waals surface area contributed by atoms with Gasteiger partial charge < -0.3 is 0 Å². The van der Waals surface area contributed by atoms with E-state index < -0.39 is 32.6 Å². The van der Waals surface area contributed by atoms with E-state index in [-0.39, 0.29) is 10.1 Å². The number of hydrogen-bond donors (Lipinski definition) is 0. The second-order valence-electron chi connectivity index (χ2n) is 5.50. The van der Waals surface area contributed by atoms with E-state index in [0.29, 0.717) is 5.56 Å². The van der Waals surface area contributed by atoms with E-state index in [0.717, 1.165) is 17.8 Å². The van der Waals surface area contributed by atoms with Gasteiger partial charge in [-0.2, -0.15) is 21.6 Å². The first kappa shape index (κ1) is 19.6. The standard InChI is InChI=1S/C16H17F3N2O2S2/c1-11-4-7-14(8-5-11)25(22,23)21-24(3)12(2)13-6-9-15(20-10-13)16(17,18)19/h4-10,12H,1-3H3. The summed E-state index contributed by atoms with van der Waals surface area (Å²) in [6, 6.07) is 8.51. The lowest BCUT2D eigenvalue weighted by Crippen LogP contribution is -2.10. The highest BCUT2D eigenvalue weighted by Crippen LogP contribution is 2.29. The molecule has 2 atom stereocenters. The average molecular weight is 390 g/mol. The van der Waals surface area contributed by atoms with Crippen LogP contribution in [0.4, 0.5) is 13.2 Å². The molecule has 136 valence electrons. The molecule has 25 heavy (non-hydrogen) atoms. The average Bonchev–Trinajstić information content (AvgIpc) is 2.53. The van der Waals surface area contributed by atoms with Crippen LogP contribution < -0.4 is 0 Å². The Hall–Kier alpha value is -1.74. The van der Waals surface area contributed by atoms with Gasteiger partial charge in [0, 0.05) is 11.4 Å². The number of hydrogen-bond acceptors (Lipinski definition) is 3. The number of sulfonamides is 1. The third kappa shape index (κ3) is 4.88. The largest absolute Gasteiger partial charge is 0.433 e. The molecule has 1 aromatic carbocycles. The van der Waals surface area contributed by atoms with E-state index in [1.807, 2.05) is 6.92 Å². The summed E-state index contributed by atoms with van der Waals surface area (Å²) in [4.78, 5) is 3.50. The van der Waals surface area contributed by atoms with Crippen LogP contribution in [0.2, 0.25) is 0 Å². The first-order chi connectivity index (χ1) is 11.5. The molecule has 0 fully saturated rings. The number of nitrogens with zero attached hydrogens (tertiary/aromatic N) is 2. The van der Waals surface area contributed by atoms with Gasteiger partial charge in [0.05, 0.1) is 4.90 Å². The highest BCUT2D eigenvalue weighted by Gasteiger charge is 2.32. The molecule has 1 heterocycles. The van der Waals surface area contributed by atoms with E-state index in [9.17, 15) is 21.6 Å². The Morgan fingerprint density at radius 1 is 1.12 bits per heavy atom. The molecule has 4 nitrogen and oxygen atoms in total. The molecule has 9 heteroatoms. The van der Waals surface area contributed by atoms with Gasteiger partial charge >= 0.3 is 6.18 Å². The van der Waals surface area contributed by atoms with E-state index in [1.54, 1.807) is 25.3 Å². The molecule has 0 spiro atoms. The molecule has 0 aliphatic rings. The Morgan fingerprint density at radius 3 is 2.20 bits per heavy atom. The van der Waals surface area contributed by atoms with Gasteiger partial charge in [0.15, 0.2) is 0 Å². The lowest BCUT2D eigenvalue weighted by molar-refractivity contribution is -0.141. The minimum absolute atomic E-state index is 0.0928. The van der Waals surface area contributed by atoms with Crippen molar-refractivity contribution in [2.24, 2.45) is 3.77 Å². The normalized spacial score (nSPS) is 15.1. The molecule has 0 radical (unpaired) electrons. The van der Waals surface area contributed by atoms with E-state index in [2.05, 4.69) is 8.75 Å². The van der Waals surface area contributed by atoms with Gasteiger partial charge in [-0.05, 0) is 43.9 Å². The fourth-order valence-corrected chi connectivity index (χ4v) is 5.10. The monoisotopic (exact) mass is 390 g/mol. The van der Waals surface area contributed by atoms with Crippen molar-refractivity contribution in [2.45, 2.75) is 30.2 Å². The summed E-state index contributed by atoms with van der Waals surface area (Å²) in [5.41, 5.74) is 0.448. The summed E-state index contributed by atoms with van der Waals surface area (Å²) < 4.78 is 66.3. The zero-order valence-electron chi connectivity index (χ0n) is 13.8. The van der Waals surface area contributed by atoms with Crippen LogP contribution in [-0.4, -0.2) is 19.7 Å². The predicted molar refractivity (Wildman–Crippen MR) is 91.7 cm³/mol. The van der Waals surface area contributed by atoms with Crippen molar-refractivity contribution in [2.75, 3.05) is 6.26 Å². The van der Waals surface area contributed by atoms with Crippen molar-refractivity contribution < 1.29 is 21.6 Å². The van der Waals surface area contributed by atoms with Crippen LogP contribution in [0.25, 0.3) is 0 Å². The van der Waals surface area contributed by atoms with Crippen LogP contribution >= 0.6 is 0 Å². The number of benzene rings is 1. The summed E-state index contributed by atoms with van der Waals surface area (Å²) in [6.07, 6.45) is -1.76. The van der Waals surface area contributed by atoms with Crippen molar-refractivity contribution in [1.82, 2.24) is 4.98 Å². The second-order valence-corrected chi connectivity index (χ2v) is 9.28. The Balaban J connectivity index is 2.28. The van der Waals surface area contributed by atoms with Crippen LogP contribution in [-0.2, 0) is 26.9 Å². The SMILES string of the molecule is Cc1ccc(S(=O)(=O)N=S(C)C(C)c2ccc(C(F)(F)F)nc2)cc1. The zero-order valence-corrected chi connectivity index (χ0v) is 15.4. The van der Waals surface area contributed by atoms with Crippen molar-refractivity contribution in [3.05, 3.63) is 59.4 Å². The lowest BCUT2D eigenvalue weighted by Gasteiger charge is -2.14. The maximum absolute atomic E-state index is 12.6. The van der Waals surface area contributed by atoms with E-state index in [4.69, 9.17) is 0 Å². The number of halogens is 3. The van der Waals surface area contributed by atoms with Gasteiger partial charge in [0.2, 0.25) is 0 Å². The predicted octanol–water partition coefficient (Wildman–Crippen LogP) is 4.29. The van der Waals surface area contributed by atoms with E-state index >= 15 is 0 Å². The third-order valence-corrected chi connectivity index (χ3v) is 7.48. The van der Waals surface area contributed by atoms with Gasteiger partial charge in [-0.1, -0.05) is 34.5 Å². The Morgan fingerprint density at radius 2 is 1.72 bits per heavy atom. The van der Waals surface area contributed by atoms with Crippen molar-refractivity contribution in [3.63, 3.8) is 0 Å². The lowest BCUT2D eigenvalue weighted by atomic mass is 10.2. The fraction of sp³-hybridized carbons (Fsp3) is 0.312. The molecule has 0 N–H and O–H groups in total. The van der Waals surface area contributed by atoms with Crippen molar-refractivity contribution in [3.8, 4) is 0 Å². The maximum Gasteiger partial charge on any atom is 0.433 e. The highest BCUT2D eigenvalue weighted by atomic mass is 32.3. The summed E-state index contributed by atoms with van der Waals surface area (Å²) >= 11 is 0. The smallest absolute Gasteiger partial charge is 0.251 e. The van der Waals surface area contributed by atoms with E-state index in [1.165, 1.54) is 18.2 Å². The van der Waals surface area contributed by atoms with Crippen LogP contribution in [0.3, 0.4) is 0 Å². The minimum Gasteiger partial charge on any atom is -0.251 e. The zero-order chi connectivity index (χ0) is 18.8. The third-order valence-electron chi connectivity index (χ3n) is 3.59. The Labute approximate surface area is 147 Å². The number of aryl methyl sites for hydroxylation is 1.